The molecule has 0 unspecified atom stereocenters. The van der Waals surface area contributed by atoms with Gasteiger partial charge in [-0.15, -0.1) is 0 Å². The molecule has 6 nitrogen and oxygen atoms in total. The monoisotopic (exact) mass is 341 g/mol. The molecule has 3 rings (SSSR count). The number of aromatic nitrogens is 1. The normalized spacial score (nSPS) is 17.2. The Morgan fingerprint density at radius 1 is 1.28 bits per heavy atom. The fourth-order valence-corrected chi connectivity index (χ4v) is 3.10. The Bertz CT molecular complexity index is 816. The molecule has 0 radical (unpaired) electrons. The number of carbonyl (C=O) groups is 1. The van der Waals surface area contributed by atoms with Crippen molar-refractivity contribution in [3.8, 4) is 5.75 Å². The van der Waals surface area contributed by atoms with Crippen LogP contribution in [-0.4, -0.2) is 36.7 Å². The van der Waals surface area contributed by atoms with Crippen molar-refractivity contribution in [1.29, 1.82) is 0 Å². The predicted molar refractivity (Wildman–Crippen MR) is 97.4 cm³/mol. The van der Waals surface area contributed by atoms with Gasteiger partial charge in [0.15, 0.2) is 0 Å². The summed E-state index contributed by atoms with van der Waals surface area (Å²) in [7, 11) is 3.32. The molecule has 0 bridgehead atoms. The third-order valence-corrected chi connectivity index (χ3v) is 4.54. The van der Waals surface area contributed by atoms with Crippen molar-refractivity contribution >= 4 is 11.6 Å². The first kappa shape index (κ1) is 17.1. The minimum atomic E-state index is -0.199. The van der Waals surface area contributed by atoms with Gasteiger partial charge in [-0.25, -0.2) is 0 Å². The van der Waals surface area contributed by atoms with Crippen LogP contribution in [0.4, 0.5) is 5.69 Å². The fourth-order valence-electron chi connectivity index (χ4n) is 3.10. The van der Waals surface area contributed by atoms with Gasteiger partial charge in [-0.1, -0.05) is 6.07 Å². The Labute approximate surface area is 147 Å². The number of anilines is 1. The molecule has 2 aromatic rings. The molecule has 132 valence electrons. The van der Waals surface area contributed by atoms with Crippen molar-refractivity contribution in [1.82, 2.24) is 9.88 Å². The lowest BCUT2D eigenvalue weighted by molar-refractivity contribution is 0.0933. The van der Waals surface area contributed by atoms with Crippen molar-refractivity contribution in [2.24, 2.45) is 7.05 Å². The van der Waals surface area contributed by atoms with E-state index in [1.807, 2.05) is 24.3 Å². The van der Waals surface area contributed by atoms with E-state index in [0.717, 1.165) is 37.4 Å². The van der Waals surface area contributed by atoms with Crippen LogP contribution in [0, 0.1) is 0 Å². The minimum absolute atomic E-state index is 0.0523. The van der Waals surface area contributed by atoms with Gasteiger partial charge in [0.2, 0.25) is 0 Å². The van der Waals surface area contributed by atoms with Crippen LogP contribution in [0.2, 0.25) is 0 Å². The molecule has 1 aliphatic rings. The van der Waals surface area contributed by atoms with Crippen LogP contribution in [-0.2, 0) is 7.05 Å². The number of benzene rings is 1. The topological polar surface area (TPSA) is 63.6 Å². The Balaban J connectivity index is 1.67. The SMILES string of the molecule is COc1cccc(N2CCC[C@@H](NC(=O)c3ccn(C)c(=O)c3)C2)c1. The minimum Gasteiger partial charge on any atom is -0.497 e. The van der Waals surface area contributed by atoms with Crippen molar-refractivity contribution in [2.45, 2.75) is 18.9 Å². The highest BCUT2D eigenvalue weighted by Crippen LogP contribution is 2.24. The second-order valence-corrected chi connectivity index (χ2v) is 6.32. The number of hydrogen-bond acceptors (Lipinski definition) is 4. The number of piperidine rings is 1. The molecule has 1 aliphatic heterocycles. The second-order valence-electron chi connectivity index (χ2n) is 6.32. The quantitative estimate of drug-likeness (QED) is 0.921. The van der Waals surface area contributed by atoms with E-state index < -0.39 is 0 Å². The van der Waals surface area contributed by atoms with Crippen LogP contribution in [0.5, 0.6) is 5.75 Å². The highest BCUT2D eigenvalue weighted by atomic mass is 16.5. The summed E-state index contributed by atoms with van der Waals surface area (Å²) in [6.07, 6.45) is 3.54. The number of pyridine rings is 1. The maximum Gasteiger partial charge on any atom is 0.251 e. The molecule has 0 aliphatic carbocycles. The van der Waals surface area contributed by atoms with E-state index >= 15 is 0 Å². The van der Waals surface area contributed by atoms with Gasteiger partial charge in [0, 0.05) is 55.8 Å². The summed E-state index contributed by atoms with van der Waals surface area (Å²) in [6.45, 7) is 1.69. The lowest BCUT2D eigenvalue weighted by Crippen LogP contribution is -2.48. The van der Waals surface area contributed by atoms with Crippen LogP contribution in [0.15, 0.2) is 47.4 Å². The number of rotatable bonds is 4. The van der Waals surface area contributed by atoms with Gasteiger partial charge in [-0.3, -0.25) is 9.59 Å². The van der Waals surface area contributed by atoms with Gasteiger partial charge in [0.05, 0.1) is 7.11 Å². The Kier molecular flexibility index (Phi) is 5.07. The molecule has 1 aromatic heterocycles. The maximum atomic E-state index is 12.4. The number of amides is 1. The summed E-state index contributed by atoms with van der Waals surface area (Å²) in [5.41, 5.74) is 1.31. The van der Waals surface area contributed by atoms with Crippen molar-refractivity contribution in [3.05, 3.63) is 58.5 Å². The van der Waals surface area contributed by atoms with Crippen LogP contribution >= 0.6 is 0 Å². The smallest absolute Gasteiger partial charge is 0.251 e. The highest BCUT2D eigenvalue weighted by molar-refractivity contribution is 5.94. The third-order valence-electron chi connectivity index (χ3n) is 4.54. The molecule has 1 saturated heterocycles. The van der Waals surface area contributed by atoms with E-state index in [2.05, 4.69) is 10.2 Å². The first-order valence-corrected chi connectivity index (χ1v) is 8.43. The molecule has 1 N–H and O–H groups in total. The number of carbonyl (C=O) groups excluding carboxylic acids is 1. The van der Waals surface area contributed by atoms with Crippen LogP contribution in [0.1, 0.15) is 23.2 Å². The summed E-state index contributed by atoms with van der Waals surface area (Å²) in [5.74, 6) is 0.624. The highest BCUT2D eigenvalue weighted by Gasteiger charge is 2.22. The first-order chi connectivity index (χ1) is 12.1. The van der Waals surface area contributed by atoms with Crippen LogP contribution in [0.3, 0.4) is 0 Å². The number of ether oxygens (including phenoxy) is 1. The molecule has 1 amide bonds. The molecule has 25 heavy (non-hydrogen) atoms. The summed E-state index contributed by atoms with van der Waals surface area (Å²) in [6, 6.07) is 11.0. The molecule has 2 heterocycles. The summed E-state index contributed by atoms with van der Waals surface area (Å²) >= 11 is 0. The molecule has 1 aromatic carbocycles. The largest absolute Gasteiger partial charge is 0.497 e. The summed E-state index contributed by atoms with van der Waals surface area (Å²) < 4.78 is 6.73. The van der Waals surface area contributed by atoms with Crippen molar-refractivity contribution < 1.29 is 9.53 Å². The van der Waals surface area contributed by atoms with Gasteiger partial charge in [0.25, 0.3) is 11.5 Å². The fraction of sp³-hybridized carbons (Fsp3) is 0.368. The zero-order valence-electron chi connectivity index (χ0n) is 14.6. The average Bonchev–Trinajstić information content (AvgIpc) is 2.64. The summed E-state index contributed by atoms with van der Waals surface area (Å²) in [4.78, 5) is 26.4. The van der Waals surface area contributed by atoms with Gasteiger partial charge in [-0.2, -0.15) is 0 Å². The van der Waals surface area contributed by atoms with E-state index in [1.54, 1.807) is 26.4 Å². The maximum absolute atomic E-state index is 12.4. The Morgan fingerprint density at radius 3 is 2.88 bits per heavy atom. The Hall–Kier alpha value is -2.76. The van der Waals surface area contributed by atoms with Crippen molar-refractivity contribution in [3.63, 3.8) is 0 Å². The lowest BCUT2D eigenvalue weighted by atomic mass is 10.0. The number of hydrogen-bond donors (Lipinski definition) is 1. The van der Waals surface area contributed by atoms with Gasteiger partial charge in [0.1, 0.15) is 5.75 Å². The van der Waals surface area contributed by atoms with E-state index in [1.165, 1.54) is 10.6 Å². The standard InChI is InChI=1S/C19H23N3O3/c1-21-10-8-14(11-18(21)23)19(24)20-15-5-4-9-22(13-15)16-6-3-7-17(12-16)25-2/h3,6-8,10-12,15H,4-5,9,13H2,1-2H3,(H,20,24)/t15-/m1/s1. The average molecular weight is 341 g/mol. The predicted octanol–water partition coefficient (Wildman–Crippen LogP) is 1.79. The zero-order chi connectivity index (χ0) is 17.8. The van der Waals surface area contributed by atoms with Gasteiger partial charge in [-0.05, 0) is 31.0 Å². The third kappa shape index (κ3) is 4.02. The molecule has 0 spiro atoms. The zero-order valence-corrected chi connectivity index (χ0v) is 14.6. The van der Waals surface area contributed by atoms with Crippen molar-refractivity contribution in [2.75, 3.05) is 25.1 Å². The van der Waals surface area contributed by atoms with Crippen LogP contribution < -0.4 is 20.5 Å². The molecule has 0 saturated carbocycles. The number of nitrogens with zero attached hydrogens (tertiary/aromatic N) is 2. The molecule has 6 heteroatoms. The van der Waals surface area contributed by atoms with Gasteiger partial charge >= 0.3 is 0 Å². The van der Waals surface area contributed by atoms with E-state index in [4.69, 9.17) is 4.74 Å². The number of methoxy groups -OCH3 is 1. The molecular weight excluding hydrogens is 318 g/mol. The second kappa shape index (κ2) is 7.42. The van der Waals surface area contributed by atoms with Crippen LogP contribution in [0.25, 0.3) is 0 Å². The Morgan fingerprint density at radius 2 is 2.12 bits per heavy atom. The van der Waals surface area contributed by atoms with E-state index in [0.29, 0.717) is 5.56 Å². The van der Waals surface area contributed by atoms with E-state index in [-0.39, 0.29) is 17.5 Å². The number of nitrogens with one attached hydrogen (secondary N) is 1. The van der Waals surface area contributed by atoms with E-state index in [9.17, 15) is 9.59 Å². The summed E-state index contributed by atoms with van der Waals surface area (Å²) in [5, 5.41) is 3.05. The lowest BCUT2D eigenvalue weighted by Gasteiger charge is -2.35. The number of aryl methyl sites for hydroxylation is 1. The van der Waals surface area contributed by atoms with Gasteiger partial charge < -0.3 is 19.5 Å². The molecular formula is C19H23N3O3. The first-order valence-electron chi connectivity index (χ1n) is 8.43. The molecule has 1 fully saturated rings. The molecule has 1 atom stereocenters.